The number of nitrogens with one attached hydrogen (secondary N) is 3. The number of pyridine rings is 1. The van der Waals surface area contributed by atoms with Gasteiger partial charge in [0.1, 0.15) is 41.5 Å². The number of ether oxygens (including phenoxy) is 4. The first-order valence-corrected chi connectivity index (χ1v) is 21.2. The Morgan fingerprint density at radius 3 is 2.63 bits per heavy atom. The number of aromatic nitrogens is 2. The number of aryl methyl sites for hydroxylation is 1. The van der Waals surface area contributed by atoms with Gasteiger partial charge >= 0.3 is 16.4 Å². The van der Waals surface area contributed by atoms with Crippen LogP contribution in [0.1, 0.15) is 76.7 Å². The van der Waals surface area contributed by atoms with Gasteiger partial charge in [-0.15, -0.1) is 6.58 Å². The van der Waals surface area contributed by atoms with Gasteiger partial charge in [-0.1, -0.05) is 32.8 Å². The Kier molecular flexibility index (Phi) is 11.8. The number of alkyl carbamates (subject to hydrolysis) is 1. The van der Waals surface area contributed by atoms with Crippen molar-refractivity contribution in [3.05, 3.63) is 54.8 Å². The van der Waals surface area contributed by atoms with Gasteiger partial charge in [-0.05, 0) is 61.5 Å². The lowest BCUT2D eigenvalue weighted by Crippen LogP contribution is -2.59. The Morgan fingerprint density at radius 1 is 1.17 bits per heavy atom. The largest absolute Gasteiger partial charge is 0.496 e. The number of benzene rings is 1. The number of carbonyl (C=O) groups is 4. The number of rotatable bonds is 10. The highest BCUT2D eigenvalue weighted by molar-refractivity contribution is 7.84. The fraction of sp³-hybridized carbons (Fsp3) is 0.550. The van der Waals surface area contributed by atoms with E-state index < -0.39 is 69.2 Å². The van der Waals surface area contributed by atoms with Crippen molar-refractivity contribution in [3.8, 4) is 17.4 Å². The third-order valence-corrected chi connectivity index (χ3v) is 12.1. The molecular formula is C40H50N6O12S. The molecule has 5 atom stereocenters. The van der Waals surface area contributed by atoms with Crippen molar-refractivity contribution in [1.29, 1.82) is 0 Å². The van der Waals surface area contributed by atoms with Crippen molar-refractivity contribution in [3.63, 3.8) is 0 Å². The quantitative estimate of drug-likeness (QED) is 0.168. The molecule has 1 saturated heterocycles. The lowest BCUT2D eigenvalue weighted by atomic mass is 9.87. The zero-order valence-corrected chi connectivity index (χ0v) is 34.0. The van der Waals surface area contributed by atoms with E-state index in [0.29, 0.717) is 54.0 Å². The Labute approximate surface area is 341 Å². The van der Waals surface area contributed by atoms with E-state index in [1.54, 1.807) is 24.0 Å². The number of carbonyl (C=O) groups excluding carboxylic acids is 4. The summed E-state index contributed by atoms with van der Waals surface area (Å²) in [4.78, 5) is 66.0. The molecule has 4 bridgehead atoms. The van der Waals surface area contributed by atoms with Crippen LogP contribution in [0.15, 0.2) is 47.7 Å². The van der Waals surface area contributed by atoms with E-state index in [-0.39, 0.29) is 44.4 Å². The Balaban J connectivity index is 1.28. The number of fused-ring (bicyclic) bond motifs is 3. The van der Waals surface area contributed by atoms with Crippen LogP contribution >= 0.6 is 0 Å². The minimum atomic E-state index is -4.96. The van der Waals surface area contributed by atoms with Gasteiger partial charge in [0.25, 0.3) is 5.91 Å². The molecule has 2 aromatic heterocycles. The molecule has 3 fully saturated rings. The first-order chi connectivity index (χ1) is 28.1. The van der Waals surface area contributed by atoms with Crippen molar-refractivity contribution in [2.24, 2.45) is 17.3 Å². The molecule has 2 saturated carbocycles. The highest BCUT2D eigenvalue weighted by Gasteiger charge is 2.61. The number of hydrogen-bond acceptors (Lipinski definition) is 13. The van der Waals surface area contributed by atoms with Gasteiger partial charge in [0.15, 0.2) is 6.61 Å². The molecule has 4 N–H and O–H groups in total. The summed E-state index contributed by atoms with van der Waals surface area (Å²) in [6.07, 6.45) is 7.79. The van der Waals surface area contributed by atoms with E-state index in [4.69, 9.17) is 28.3 Å². The summed E-state index contributed by atoms with van der Waals surface area (Å²) in [6, 6.07) is 3.08. The van der Waals surface area contributed by atoms with Crippen LogP contribution in [-0.2, 0) is 42.5 Å². The molecule has 3 aromatic rings. The van der Waals surface area contributed by atoms with E-state index in [1.807, 2.05) is 19.9 Å². The summed E-state index contributed by atoms with van der Waals surface area (Å²) in [7, 11) is -3.39. The smallest absolute Gasteiger partial charge is 0.407 e. The van der Waals surface area contributed by atoms with Crippen molar-refractivity contribution in [1.82, 2.24) is 30.2 Å². The molecule has 4 amide bonds. The number of methoxy groups -OCH3 is 1. The average molecular weight is 839 g/mol. The maximum atomic E-state index is 14.8. The van der Waals surface area contributed by atoms with E-state index in [2.05, 4.69) is 22.2 Å². The lowest BCUT2D eigenvalue weighted by Gasteiger charge is -2.32. The minimum Gasteiger partial charge on any atom is -0.496 e. The van der Waals surface area contributed by atoms with Gasteiger partial charge in [0.2, 0.25) is 23.6 Å². The molecule has 19 heteroatoms. The summed E-state index contributed by atoms with van der Waals surface area (Å²) >= 11 is 0. The van der Waals surface area contributed by atoms with E-state index in [9.17, 15) is 32.1 Å². The maximum Gasteiger partial charge on any atom is 0.407 e. The highest BCUT2D eigenvalue weighted by Crippen LogP contribution is 2.45. The van der Waals surface area contributed by atoms with Crippen LogP contribution in [0.25, 0.3) is 10.9 Å². The molecule has 7 rings (SSSR count). The first kappa shape index (κ1) is 41.7. The van der Waals surface area contributed by atoms with Crippen molar-refractivity contribution >= 4 is 45.0 Å². The second-order valence-corrected chi connectivity index (χ2v) is 17.7. The maximum absolute atomic E-state index is 14.8. The van der Waals surface area contributed by atoms with Gasteiger partial charge in [0, 0.05) is 29.9 Å². The molecule has 4 heterocycles. The summed E-state index contributed by atoms with van der Waals surface area (Å²) in [5.41, 5.74) is -0.793. The van der Waals surface area contributed by atoms with Crippen LogP contribution in [0.2, 0.25) is 0 Å². The predicted molar refractivity (Wildman–Crippen MR) is 209 cm³/mol. The molecule has 59 heavy (non-hydrogen) atoms. The van der Waals surface area contributed by atoms with Gasteiger partial charge in [0.05, 0.1) is 32.0 Å². The monoisotopic (exact) mass is 838 g/mol. The first-order valence-electron chi connectivity index (χ1n) is 19.8. The average Bonchev–Trinajstić information content (AvgIpc) is 3.68. The summed E-state index contributed by atoms with van der Waals surface area (Å²) < 4.78 is 63.8. The van der Waals surface area contributed by atoms with Crippen LogP contribution in [-0.4, -0.2) is 95.6 Å². The Hall–Kier alpha value is -5.43. The van der Waals surface area contributed by atoms with Crippen LogP contribution in [0.3, 0.4) is 0 Å². The topological polar surface area (TPSA) is 238 Å². The zero-order chi connectivity index (χ0) is 42.1. The second kappa shape index (κ2) is 16.7. The van der Waals surface area contributed by atoms with Gasteiger partial charge in [-0.25, -0.2) is 19.5 Å². The molecule has 2 aliphatic heterocycles. The number of nitrogens with zero attached hydrogens (tertiary/aromatic N) is 3. The standard InChI is InChI=1S/C40H50N6O12S/c1-5-25-19-40(25,37(49)45-59(51,52)53)44-35(47)29-16-26-20-46(29)36(48)34(23-9-6-7-10-23)43-38(50)57-22-39(2,3)12-8-11-24-15-27-28(17-30(24)54-4)42-32(18-31(27)58-26)56-21-33-41-13-14-55-33/h5,13-15,17-18,23,25-26,29,34H,1,6-12,16,19-22H2,2-4H3,(H,43,50)(H,44,47)(H,45,49)(H,51,52,53)/t25?,26-,29+,34+,40-/m1/s1. The molecule has 1 aromatic carbocycles. The fourth-order valence-corrected chi connectivity index (χ4v) is 8.89. The normalized spacial score (nSPS) is 26.2. The number of amides is 4. The summed E-state index contributed by atoms with van der Waals surface area (Å²) in [5.74, 6) is -1.89. The molecule has 18 nitrogen and oxygen atoms in total. The molecule has 1 unspecified atom stereocenters. The SMILES string of the molecule is C=CC1C[C@]1(NC(=O)[C@@H]1C[C@@H]2CN1C(=O)[C@H](C1CCCC1)NC(=O)OCC(C)(C)CCCc1cc3c(cc(OCc4ncco4)nc3cc1OC)O2)C(=O)NS(=O)(=O)O. The van der Waals surface area contributed by atoms with Gasteiger partial charge in [-0.3, -0.25) is 18.9 Å². The molecule has 4 aliphatic rings. The van der Waals surface area contributed by atoms with Crippen LogP contribution in [0.4, 0.5) is 4.79 Å². The molecule has 318 valence electrons. The van der Waals surface area contributed by atoms with Gasteiger partial charge < -0.3 is 38.9 Å². The number of cyclic esters (lactones) is 1. The number of hydrogen-bond donors (Lipinski definition) is 4. The Morgan fingerprint density at radius 2 is 1.95 bits per heavy atom. The zero-order valence-electron chi connectivity index (χ0n) is 33.2. The highest BCUT2D eigenvalue weighted by atomic mass is 32.2. The summed E-state index contributed by atoms with van der Waals surface area (Å²) in [5, 5.41) is 6.13. The minimum absolute atomic E-state index is 0.00370. The third kappa shape index (κ3) is 9.40. The fourth-order valence-electron chi connectivity index (χ4n) is 8.47. The molecule has 0 radical (unpaired) electrons. The predicted octanol–water partition coefficient (Wildman–Crippen LogP) is 3.79. The van der Waals surface area contributed by atoms with Crippen LogP contribution < -0.4 is 29.6 Å². The molecule has 2 aliphatic carbocycles. The van der Waals surface area contributed by atoms with Gasteiger partial charge in [-0.2, -0.15) is 8.42 Å². The van der Waals surface area contributed by atoms with E-state index in [0.717, 1.165) is 24.8 Å². The van der Waals surface area contributed by atoms with E-state index in [1.165, 1.54) is 23.4 Å². The van der Waals surface area contributed by atoms with Crippen LogP contribution in [0.5, 0.6) is 17.4 Å². The van der Waals surface area contributed by atoms with Crippen LogP contribution in [0, 0.1) is 17.3 Å². The molecule has 0 spiro atoms. The third-order valence-electron chi connectivity index (χ3n) is 11.7. The van der Waals surface area contributed by atoms with Crippen molar-refractivity contribution in [2.45, 2.75) is 102 Å². The van der Waals surface area contributed by atoms with Crippen molar-refractivity contribution in [2.75, 3.05) is 20.3 Å². The van der Waals surface area contributed by atoms with E-state index >= 15 is 0 Å². The second-order valence-electron chi connectivity index (χ2n) is 16.5. The number of oxazole rings is 1. The van der Waals surface area contributed by atoms with Crippen molar-refractivity contribution < 1.29 is 55.5 Å². The summed E-state index contributed by atoms with van der Waals surface area (Å²) in [6.45, 7) is 7.66. The Bertz CT molecular complexity index is 2210. The lowest BCUT2D eigenvalue weighted by molar-refractivity contribution is -0.142. The molecular weight excluding hydrogens is 789 g/mol.